The topological polar surface area (TPSA) is 51.2 Å². The number of rotatable bonds is 2. The lowest BCUT2D eigenvalue weighted by Gasteiger charge is -2.24. The number of carbonyl (C=O) groups excluding carboxylic acids is 1. The van der Waals surface area contributed by atoms with E-state index >= 15 is 0 Å². The number of esters is 1. The first-order chi connectivity index (χ1) is 8.87. The van der Waals surface area contributed by atoms with Crippen molar-refractivity contribution in [2.24, 2.45) is 5.92 Å². The number of hydrogen-bond acceptors (Lipinski definition) is 4. The van der Waals surface area contributed by atoms with Crippen LogP contribution in [0.25, 0.3) is 0 Å². The fourth-order valence-electron chi connectivity index (χ4n) is 2.22. The highest BCUT2D eigenvalue weighted by atomic mass is 79.9. The molecule has 0 aromatic carbocycles. The maximum absolute atomic E-state index is 12.2. The van der Waals surface area contributed by atoms with Gasteiger partial charge in [0.25, 0.3) is 0 Å². The number of halogens is 1. The largest absolute Gasteiger partial charge is 0.460 e. The molecule has 1 saturated heterocycles. The average Bonchev–Trinajstić information content (AvgIpc) is 2.76. The van der Waals surface area contributed by atoms with Gasteiger partial charge in [0.1, 0.15) is 5.60 Å². The van der Waals surface area contributed by atoms with Crippen LogP contribution in [0.1, 0.15) is 32.4 Å². The summed E-state index contributed by atoms with van der Waals surface area (Å²) < 4.78 is 6.42. The molecule has 0 bridgehead atoms. The molecule has 1 fully saturated rings. The zero-order valence-electron chi connectivity index (χ0n) is 11.4. The fraction of sp³-hybridized carbons (Fsp3) is 0.571. The Labute approximate surface area is 122 Å². The summed E-state index contributed by atoms with van der Waals surface area (Å²) in [5.74, 6) is -0.219. The summed E-state index contributed by atoms with van der Waals surface area (Å²) in [6.07, 6.45) is 1.76. The van der Waals surface area contributed by atoms with Gasteiger partial charge in [-0.2, -0.15) is 0 Å². The summed E-state index contributed by atoms with van der Waals surface area (Å²) in [6, 6.07) is 3.91. The minimum Gasteiger partial charge on any atom is -0.460 e. The van der Waals surface area contributed by atoms with Crippen molar-refractivity contribution in [3.05, 3.63) is 28.5 Å². The summed E-state index contributed by atoms with van der Waals surface area (Å²) in [5.41, 5.74) is 0.487. The van der Waals surface area contributed by atoms with Gasteiger partial charge in [-0.1, -0.05) is 0 Å². The molecule has 1 aliphatic heterocycles. The standard InChI is InChI=1S/C14H19BrN2O2/c1-14(2,3)19-13(18)11-8-16-7-10(11)12-5-4-9(15)6-17-12/h4-6,10-11,16H,7-8H2,1-3H3. The van der Waals surface area contributed by atoms with E-state index in [1.165, 1.54) is 0 Å². The van der Waals surface area contributed by atoms with Crippen LogP contribution in [0.3, 0.4) is 0 Å². The Bertz CT molecular complexity index is 454. The van der Waals surface area contributed by atoms with Crippen molar-refractivity contribution < 1.29 is 9.53 Å². The molecule has 1 aromatic heterocycles. The summed E-state index contributed by atoms with van der Waals surface area (Å²) in [7, 11) is 0. The first-order valence-corrected chi connectivity index (χ1v) is 7.21. The van der Waals surface area contributed by atoms with Crippen molar-refractivity contribution in [3.63, 3.8) is 0 Å². The van der Waals surface area contributed by atoms with E-state index in [0.29, 0.717) is 6.54 Å². The molecule has 0 radical (unpaired) electrons. The van der Waals surface area contributed by atoms with Gasteiger partial charge in [0.15, 0.2) is 0 Å². The third-order valence-corrected chi connectivity index (χ3v) is 3.52. The van der Waals surface area contributed by atoms with Gasteiger partial charge in [-0.3, -0.25) is 9.78 Å². The van der Waals surface area contributed by atoms with E-state index in [2.05, 4.69) is 26.2 Å². The zero-order chi connectivity index (χ0) is 14.0. The quantitative estimate of drug-likeness (QED) is 0.848. The molecule has 1 aliphatic rings. The van der Waals surface area contributed by atoms with Crippen molar-refractivity contribution in [1.29, 1.82) is 0 Å². The number of hydrogen-bond donors (Lipinski definition) is 1. The maximum atomic E-state index is 12.2. The predicted molar refractivity (Wildman–Crippen MR) is 76.9 cm³/mol. The molecule has 1 aromatic rings. The van der Waals surface area contributed by atoms with Crippen LogP contribution in [0.15, 0.2) is 22.8 Å². The Morgan fingerprint density at radius 1 is 1.42 bits per heavy atom. The summed E-state index contributed by atoms with van der Waals surface area (Å²) >= 11 is 3.37. The van der Waals surface area contributed by atoms with Crippen LogP contribution >= 0.6 is 15.9 Å². The average molecular weight is 327 g/mol. The molecule has 0 spiro atoms. The molecule has 19 heavy (non-hydrogen) atoms. The second kappa shape index (κ2) is 5.59. The highest BCUT2D eigenvalue weighted by molar-refractivity contribution is 9.10. The van der Waals surface area contributed by atoms with E-state index < -0.39 is 5.60 Å². The molecule has 0 aliphatic carbocycles. The Morgan fingerprint density at radius 2 is 2.16 bits per heavy atom. The molecular weight excluding hydrogens is 308 g/mol. The number of nitrogens with zero attached hydrogens (tertiary/aromatic N) is 1. The van der Waals surface area contributed by atoms with Crippen molar-refractivity contribution in [2.45, 2.75) is 32.3 Å². The Balaban J connectivity index is 2.12. The molecule has 2 rings (SSSR count). The van der Waals surface area contributed by atoms with E-state index in [-0.39, 0.29) is 17.8 Å². The van der Waals surface area contributed by atoms with Gasteiger partial charge in [-0.15, -0.1) is 0 Å². The molecule has 2 heterocycles. The summed E-state index contributed by atoms with van der Waals surface area (Å²) in [6.45, 7) is 7.08. The Hall–Kier alpha value is -0.940. The third-order valence-electron chi connectivity index (χ3n) is 3.05. The molecule has 0 saturated carbocycles. The first kappa shape index (κ1) is 14.5. The molecule has 5 heteroatoms. The predicted octanol–water partition coefficient (Wildman–Crippen LogP) is 2.49. The molecule has 4 nitrogen and oxygen atoms in total. The van der Waals surface area contributed by atoms with Crippen LogP contribution < -0.4 is 5.32 Å². The smallest absolute Gasteiger partial charge is 0.311 e. The van der Waals surface area contributed by atoms with Crippen LogP contribution in [0.4, 0.5) is 0 Å². The fourth-order valence-corrected chi connectivity index (χ4v) is 2.46. The lowest BCUT2D eigenvalue weighted by Crippen LogP contribution is -2.32. The van der Waals surface area contributed by atoms with E-state index in [0.717, 1.165) is 16.7 Å². The maximum Gasteiger partial charge on any atom is 0.311 e. The molecular formula is C14H19BrN2O2. The van der Waals surface area contributed by atoms with Gasteiger partial charge < -0.3 is 10.1 Å². The molecule has 1 N–H and O–H groups in total. The molecule has 2 atom stereocenters. The number of pyridine rings is 1. The molecule has 2 unspecified atom stereocenters. The summed E-state index contributed by atoms with van der Waals surface area (Å²) in [5, 5.41) is 3.25. The summed E-state index contributed by atoms with van der Waals surface area (Å²) in [4.78, 5) is 16.6. The highest BCUT2D eigenvalue weighted by Gasteiger charge is 2.37. The SMILES string of the molecule is CC(C)(C)OC(=O)C1CNCC1c1ccc(Br)cn1. The lowest BCUT2D eigenvalue weighted by molar-refractivity contribution is -0.159. The number of nitrogens with one attached hydrogen (secondary N) is 1. The van der Waals surface area contributed by atoms with Crippen LogP contribution in [0.5, 0.6) is 0 Å². The monoisotopic (exact) mass is 326 g/mol. The van der Waals surface area contributed by atoms with E-state index in [1.54, 1.807) is 6.20 Å². The minimum atomic E-state index is -0.447. The van der Waals surface area contributed by atoms with E-state index in [4.69, 9.17) is 4.74 Å². The normalized spacial score (nSPS) is 23.4. The van der Waals surface area contributed by atoms with Crippen molar-refractivity contribution >= 4 is 21.9 Å². The Kier molecular flexibility index (Phi) is 4.26. The van der Waals surface area contributed by atoms with E-state index in [9.17, 15) is 4.79 Å². The van der Waals surface area contributed by atoms with Gasteiger partial charge in [0.2, 0.25) is 0 Å². The first-order valence-electron chi connectivity index (χ1n) is 6.42. The van der Waals surface area contributed by atoms with Crippen LogP contribution in [-0.2, 0) is 9.53 Å². The zero-order valence-corrected chi connectivity index (χ0v) is 13.0. The Morgan fingerprint density at radius 3 is 2.74 bits per heavy atom. The molecule has 104 valence electrons. The van der Waals surface area contributed by atoms with Gasteiger partial charge in [0.05, 0.1) is 5.92 Å². The van der Waals surface area contributed by atoms with Gasteiger partial charge in [0, 0.05) is 35.4 Å². The second-order valence-corrected chi connectivity index (χ2v) is 6.72. The van der Waals surface area contributed by atoms with Crippen molar-refractivity contribution in [3.8, 4) is 0 Å². The number of ether oxygens (including phenoxy) is 1. The van der Waals surface area contributed by atoms with Crippen LogP contribution in [-0.4, -0.2) is 29.6 Å². The highest BCUT2D eigenvalue weighted by Crippen LogP contribution is 2.29. The molecule has 0 amide bonds. The van der Waals surface area contributed by atoms with Gasteiger partial charge >= 0.3 is 5.97 Å². The van der Waals surface area contributed by atoms with Gasteiger partial charge in [-0.05, 0) is 48.8 Å². The lowest BCUT2D eigenvalue weighted by atomic mass is 9.92. The van der Waals surface area contributed by atoms with Crippen molar-refractivity contribution in [2.75, 3.05) is 13.1 Å². The minimum absolute atomic E-state index is 0.0861. The van der Waals surface area contributed by atoms with Crippen molar-refractivity contribution in [1.82, 2.24) is 10.3 Å². The third kappa shape index (κ3) is 3.76. The number of carbonyl (C=O) groups is 1. The van der Waals surface area contributed by atoms with E-state index in [1.807, 2.05) is 32.9 Å². The van der Waals surface area contributed by atoms with Crippen LogP contribution in [0.2, 0.25) is 0 Å². The second-order valence-electron chi connectivity index (χ2n) is 5.81. The van der Waals surface area contributed by atoms with Gasteiger partial charge in [-0.25, -0.2) is 0 Å². The number of aromatic nitrogens is 1. The van der Waals surface area contributed by atoms with Crippen LogP contribution in [0, 0.1) is 5.92 Å².